The van der Waals surface area contributed by atoms with Crippen molar-refractivity contribution in [1.82, 2.24) is 5.32 Å². The minimum absolute atomic E-state index is 0.0335. The molecule has 0 aliphatic carbocycles. The van der Waals surface area contributed by atoms with E-state index >= 15 is 0 Å². The average Bonchev–Trinajstić information content (AvgIpc) is 2.64. The maximum absolute atomic E-state index is 12.5. The number of alkyl halides is 3. The Kier molecular flexibility index (Phi) is 6.39. The van der Waals surface area contributed by atoms with Gasteiger partial charge in [-0.15, -0.1) is 11.8 Å². The van der Waals surface area contributed by atoms with Gasteiger partial charge in [0, 0.05) is 22.7 Å². The smallest absolute Gasteiger partial charge is 0.418 e. The Balaban J connectivity index is 1.96. The van der Waals surface area contributed by atoms with Gasteiger partial charge in [0.05, 0.1) is 18.6 Å². The summed E-state index contributed by atoms with van der Waals surface area (Å²) in [6.07, 6.45) is 2.82. The van der Waals surface area contributed by atoms with Gasteiger partial charge in [-0.05, 0) is 30.7 Å². The number of nitrogens with one attached hydrogen (secondary N) is 1. The van der Waals surface area contributed by atoms with Crippen molar-refractivity contribution >= 4 is 64.3 Å². The SMILES string of the molecule is COc1ccc2c(c1)C(C1=C(C)NC(=O)CS1)C=CN2C(=O)OCC(Cl)(Cl)Cl. The second-order valence-electron chi connectivity index (χ2n) is 6.11. The van der Waals surface area contributed by atoms with Crippen molar-refractivity contribution in [2.24, 2.45) is 0 Å². The second kappa shape index (κ2) is 8.45. The van der Waals surface area contributed by atoms with Crippen molar-refractivity contribution in [3.63, 3.8) is 0 Å². The summed E-state index contributed by atoms with van der Waals surface area (Å²) < 4.78 is 8.76. The molecule has 0 bridgehead atoms. The topological polar surface area (TPSA) is 67.9 Å². The number of anilines is 1. The van der Waals surface area contributed by atoms with Crippen molar-refractivity contribution in [2.45, 2.75) is 16.6 Å². The van der Waals surface area contributed by atoms with Crippen molar-refractivity contribution in [1.29, 1.82) is 0 Å². The van der Waals surface area contributed by atoms with Crippen LogP contribution in [0.5, 0.6) is 5.75 Å². The number of nitrogens with zero attached hydrogens (tertiary/aromatic N) is 1. The van der Waals surface area contributed by atoms with Crippen LogP contribution in [-0.4, -0.2) is 35.3 Å². The molecule has 28 heavy (non-hydrogen) atoms. The van der Waals surface area contributed by atoms with Gasteiger partial charge in [-0.3, -0.25) is 9.69 Å². The third-order valence-electron chi connectivity index (χ3n) is 4.15. The largest absolute Gasteiger partial charge is 0.497 e. The molecule has 6 nitrogen and oxygen atoms in total. The summed E-state index contributed by atoms with van der Waals surface area (Å²) in [6.45, 7) is 1.48. The molecule has 0 spiro atoms. The van der Waals surface area contributed by atoms with Crippen LogP contribution in [0.1, 0.15) is 18.4 Å². The number of benzene rings is 1. The van der Waals surface area contributed by atoms with Crippen molar-refractivity contribution < 1.29 is 19.1 Å². The number of halogens is 3. The predicted molar refractivity (Wildman–Crippen MR) is 112 cm³/mol. The number of rotatable bonds is 3. The lowest BCUT2D eigenvalue weighted by Crippen LogP contribution is -2.33. The molecule has 1 aromatic carbocycles. The lowest BCUT2D eigenvalue weighted by molar-refractivity contribution is -0.117. The molecule has 1 N–H and O–H groups in total. The minimum Gasteiger partial charge on any atom is -0.497 e. The third-order valence-corrected chi connectivity index (χ3v) is 5.76. The van der Waals surface area contributed by atoms with E-state index in [2.05, 4.69) is 5.32 Å². The molecule has 0 fully saturated rings. The van der Waals surface area contributed by atoms with Gasteiger partial charge >= 0.3 is 6.09 Å². The fourth-order valence-corrected chi connectivity index (χ4v) is 4.14. The van der Waals surface area contributed by atoms with Gasteiger partial charge in [0.15, 0.2) is 0 Å². The highest BCUT2D eigenvalue weighted by molar-refractivity contribution is 8.03. The van der Waals surface area contributed by atoms with Crippen LogP contribution < -0.4 is 15.0 Å². The van der Waals surface area contributed by atoms with Gasteiger partial charge in [0.2, 0.25) is 9.70 Å². The molecule has 1 atom stereocenters. The van der Waals surface area contributed by atoms with E-state index in [0.717, 1.165) is 16.2 Å². The molecular formula is C18H17Cl3N2O4S. The molecule has 2 heterocycles. The van der Waals surface area contributed by atoms with E-state index in [0.29, 0.717) is 17.2 Å². The van der Waals surface area contributed by atoms with Gasteiger partial charge in [0.1, 0.15) is 12.4 Å². The number of thioether (sulfide) groups is 1. The van der Waals surface area contributed by atoms with Crippen LogP contribution in [0.4, 0.5) is 10.5 Å². The quantitative estimate of drug-likeness (QED) is 0.657. The van der Waals surface area contributed by atoms with Crippen molar-refractivity contribution in [3.8, 4) is 5.75 Å². The van der Waals surface area contributed by atoms with Gasteiger partial charge in [-0.25, -0.2) is 4.79 Å². The Morgan fingerprint density at radius 2 is 2.14 bits per heavy atom. The number of fused-ring (bicyclic) bond motifs is 1. The number of allylic oxidation sites excluding steroid dienone is 3. The lowest BCUT2D eigenvalue weighted by atomic mass is 9.92. The van der Waals surface area contributed by atoms with Gasteiger partial charge in [-0.1, -0.05) is 40.9 Å². The molecule has 1 aromatic rings. The monoisotopic (exact) mass is 462 g/mol. The van der Waals surface area contributed by atoms with Crippen LogP contribution in [0.25, 0.3) is 0 Å². The fraction of sp³-hybridized carbons (Fsp3) is 0.333. The van der Waals surface area contributed by atoms with E-state index in [4.69, 9.17) is 44.3 Å². The maximum atomic E-state index is 12.5. The van der Waals surface area contributed by atoms with Gasteiger partial charge < -0.3 is 14.8 Å². The summed E-state index contributed by atoms with van der Waals surface area (Å²) in [7, 11) is 1.57. The van der Waals surface area contributed by atoms with Crippen LogP contribution in [-0.2, 0) is 9.53 Å². The first-order chi connectivity index (χ1) is 13.2. The lowest BCUT2D eigenvalue weighted by Gasteiger charge is -2.32. The second-order valence-corrected chi connectivity index (χ2v) is 9.64. The highest BCUT2D eigenvalue weighted by atomic mass is 35.6. The van der Waals surface area contributed by atoms with Gasteiger partial charge in [0.25, 0.3) is 0 Å². The number of hydrogen-bond acceptors (Lipinski definition) is 5. The summed E-state index contributed by atoms with van der Waals surface area (Å²) in [4.78, 5) is 26.5. The zero-order chi connectivity index (χ0) is 20.5. The van der Waals surface area contributed by atoms with E-state index in [1.165, 1.54) is 16.7 Å². The van der Waals surface area contributed by atoms with E-state index in [9.17, 15) is 9.59 Å². The first-order valence-electron chi connectivity index (χ1n) is 8.22. The third kappa shape index (κ3) is 4.71. The molecule has 2 amide bonds. The highest BCUT2D eigenvalue weighted by Crippen LogP contribution is 2.45. The molecule has 2 aliphatic rings. The number of methoxy groups -OCH3 is 1. The Morgan fingerprint density at radius 1 is 1.39 bits per heavy atom. The van der Waals surface area contributed by atoms with Crippen molar-refractivity contribution in [2.75, 3.05) is 24.4 Å². The maximum Gasteiger partial charge on any atom is 0.418 e. The van der Waals surface area contributed by atoms with Crippen LogP contribution in [0.15, 0.2) is 41.1 Å². The molecule has 0 saturated carbocycles. The molecule has 0 radical (unpaired) electrons. The number of hydrogen-bond donors (Lipinski definition) is 1. The number of amides is 2. The summed E-state index contributed by atoms with van der Waals surface area (Å²) in [6, 6.07) is 5.38. The molecule has 3 rings (SSSR count). The van der Waals surface area contributed by atoms with Gasteiger partial charge in [-0.2, -0.15) is 0 Å². The first-order valence-corrected chi connectivity index (χ1v) is 10.3. The fourth-order valence-electron chi connectivity index (χ4n) is 2.97. The molecule has 10 heteroatoms. The zero-order valence-electron chi connectivity index (χ0n) is 15.0. The van der Waals surface area contributed by atoms with Crippen LogP contribution in [0, 0.1) is 0 Å². The first kappa shape index (κ1) is 21.2. The molecule has 150 valence electrons. The molecule has 2 aliphatic heterocycles. The predicted octanol–water partition coefficient (Wildman–Crippen LogP) is 4.71. The molecule has 0 aromatic heterocycles. The van der Waals surface area contributed by atoms with Crippen LogP contribution >= 0.6 is 46.6 Å². The summed E-state index contributed by atoms with van der Waals surface area (Å²) in [5.74, 6) is 0.809. The summed E-state index contributed by atoms with van der Waals surface area (Å²) in [5, 5.41) is 2.86. The minimum atomic E-state index is -1.70. The number of carbonyl (C=O) groups is 2. The van der Waals surface area contributed by atoms with Crippen LogP contribution in [0.3, 0.4) is 0 Å². The standard InChI is InChI=1S/C18H17Cl3N2O4S/c1-10-16(28-8-15(24)22-10)12-5-6-23(17(25)27-9-18(19,20)21)14-4-3-11(26-2)7-13(12)14/h3-7,12H,8-9H2,1-2H3,(H,22,24). The molecule has 0 saturated heterocycles. The van der Waals surface area contributed by atoms with E-state index in [-0.39, 0.29) is 18.4 Å². The Hall–Kier alpha value is -1.54. The van der Waals surface area contributed by atoms with Crippen molar-refractivity contribution in [3.05, 3.63) is 46.6 Å². The Morgan fingerprint density at radius 3 is 2.79 bits per heavy atom. The Bertz CT molecular complexity index is 867. The molecular weight excluding hydrogens is 447 g/mol. The van der Waals surface area contributed by atoms with Crippen LogP contribution in [0.2, 0.25) is 0 Å². The van der Waals surface area contributed by atoms with E-state index in [1.807, 2.05) is 19.1 Å². The highest BCUT2D eigenvalue weighted by Gasteiger charge is 2.32. The van der Waals surface area contributed by atoms with E-state index in [1.54, 1.807) is 25.4 Å². The number of carbonyl (C=O) groups excluding carboxylic acids is 2. The number of ether oxygens (including phenoxy) is 2. The average molecular weight is 464 g/mol. The van der Waals surface area contributed by atoms with E-state index < -0.39 is 9.89 Å². The summed E-state index contributed by atoms with van der Waals surface area (Å²) in [5.41, 5.74) is 2.25. The molecule has 1 unspecified atom stereocenters. The normalized spacial score (nSPS) is 19.2. The Labute approximate surface area is 181 Å². The summed E-state index contributed by atoms with van der Waals surface area (Å²) >= 11 is 18.5. The zero-order valence-corrected chi connectivity index (χ0v) is 18.1.